The Morgan fingerprint density at radius 3 is 2.75 bits per heavy atom. The van der Waals surface area contributed by atoms with Gasteiger partial charge in [-0.2, -0.15) is 0 Å². The summed E-state index contributed by atoms with van der Waals surface area (Å²) >= 11 is 0. The van der Waals surface area contributed by atoms with Gasteiger partial charge in [-0.1, -0.05) is 6.92 Å². The van der Waals surface area contributed by atoms with Gasteiger partial charge in [0.15, 0.2) is 5.78 Å². The highest BCUT2D eigenvalue weighted by molar-refractivity contribution is 5.94. The molecule has 0 amide bonds. The Hall–Kier alpha value is -1.42. The van der Waals surface area contributed by atoms with Crippen LogP contribution < -0.4 is 4.90 Å². The second kappa shape index (κ2) is 6.84. The molecule has 1 unspecified atom stereocenters. The molecule has 4 heteroatoms. The maximum atomic E-state index is 11.6. The van der Waals surface area contributed by atoms with Crippen LogP contribution in [0.4, 0.5) is 5.69 Å². The van der Waals surface area contributed by atoms with Crippen LogP contribution in [-0.4, -0.2) is 37.1 Å². The fraction of sp³-hybridized carbons (Fsp3) is 0.625. The molecule has 1 fully saturated rings. The SMILES string of the molecule is CCC(=O)c1ccc(N(CCOC)C(C)C2CC2)cn1. The van der Waals surface area contributed by atoms with Gasteiger partial charge in [0.1, 0.15) is 5.69 Å². The highest BCUT2D eigenvalue weighted by Gasteiger charge is 2.32. The first-order chi connectivity index (χ1) is 9.67. The molecule has 0 spiro atoms. The molecule has 20 heavy (non-hydrogen) atoms. The first-order valence-corrected chi connectivity index (χ1v) is 7.42. The van der Waals surface area contributed by atoms with E-state index in [2.05, 4.69) is 16.8 Å². The van der Waals surface area contributed by atoms with Crippen molar-refractivity contribution >= 4 is 11.5 Å². The van der Waals surface area contributed by atoms with Crippen molar-refractivity contribution in [1.82, 2.24) is 4.98 Å². The zero-order chi connectivity index (χ0) is 14.5. The van der Waals surface area contributed by atoms with Gasteiger partial charge in [-0.25, -0.2) is 0 Å². The summed E-state index contributed by atoms with van der Waals surface area (Å²) in [6, 6.07) is 4.34. The fourth-order valence-corrected chi connectivity index (χ4v) is 2.49. The number of carbonyl (C=O) groups is 1. The van der Waals surface area contributed by atoms with Gasteiger partial charge >= 0.3 is 0 Å². The van der Waals surface area contributed by atoms with Crippen LogP contribution in [0.1, 0.15) is 43.6 Å². The van der Waals surface area contributed by atoms with Crippen molar-refractivity contribution < 1.29 is 9.53 Å². The van der Waals surface area contributed by atoms with Crippen LogP contribution in [0.15, 0.2) is 18.3 Å². The lowest BCUT2D eigenvalue weighted by atomic mass is 10.1. The number of methoxy groups -OCH3 is 1. The number of hydrogen-bond acceptors (Lipinski definition) is 4. The number of carbonyl (C=O) groups excluding carboxylic acids is 1. The number of ketones is 1. The topological polar surface area (TPSA) is 42.4 Å². The number of pyridine rings is 1. The van der Waals surface area contributed by atoms with Crippen molar-refractivity contribution in [3.8, 4) is 0 Å². The van der Waals surface area contributed by atoms with E-state index >= 15 is 0 Å². The lowest BCUT2D eigenvalue weighted by molar-refractivity contribution is 0.0983. The number of aromatic nitrogens is 1. The monoisotopic (exact) mass is 276 g/mol. The van der Waals surface area contributed by atoms with Crippen LogP contribution in [0.5, 0.6) is 0 Å². The molecule has 1 aliphatic carbocycles. The van der Waals surface area contributed by atoms with Gasteiger partial charge in [0.25, 0.3) is 0 Å². The Bertz CT molecular complexity index is 440. The summed E-state index contributed by atoms with van der Waals surface area (Å²) < 4.78 is 5.21. The summed E-state index contributed by atoms with van der Waals surface area (Å²) in [4.78, 5) is 18.3. The molecule has 0 aromatic carbocycles. The molecule has 0 bridgehead atoms. The molecular formula is C16H24N2O2. The van der Waals surface area contributed by atoms with E-state index in [1.165, 1.54) is 12.8 Å². The number of nitrogens with zero attached hydrogens (tertiary/aromatic N) is 2. The molecule has 1 aliphatic rings. The number of Topliss-reactive ketones (excluding diaryl/α,β-unsaturated/α-hetero) is 1. The van der Waals surface area contributed by atoms with E-state index in [9.17, 15) is 4.79 Å². The molecule has 1 atom stereocenters. The van der Waals surface area contributed by atoms with E-state index in [1.54, 1.807) is 7.11 Å². The molecule has 1 saturated carbocycles. The molecule has 1 heterocycles. The van der Waals surface area contributed by atoms with Crippen LogP contribution in [-0.2, 0) is 4.74 Å². The molecule has 1 aromatic rings. The Kier molecular flexibility index (Phi) is 5.12. The third kappa shape index (κ3) is 3.57. The van der Waals surface area contributed by atoms with E-state index in [4.69, 9.17) is 4.74 Å². The maximum absolute atomic E-state index is 11.6. The molecule has 2 rings (SSSR count). The Balaban J connectivity index is 2.12. The van der Waals surface area contributed by atoms with Crippen LogP contribution in [0, 0.1) is 5.92 Å². The van der Waals surface area contributed by atoms with Crippen LogP contribution in [0.25, 0.3) is 0 Å². The highest BCUT2D eigenvalue weighted by atomic mass is 16.5. The number of hydrogen-bond donors (Lipinski definition) is 0. The van der Waals surface area contributed by atoms with E-state index < -0.39 is 0 Å². The van der Waals surface area contributed by atoms with Crippen LogP contribution in [0.3, 0.4) is 0 Å². The molecular weight excluding hydrogens is 252 g/mol. The van der Waals surface area contributed by atoms with Gasteiger partial charge in [0.2, 0.25) is 0 Å². The van der Waals surface area contributed by atoms with Gasteiger partial charge < -0.3 is 9.64 Å². The van der Waals surface area contributed by atoms with Crippen molar-refractivity contribution in [2.45, 2.75) is 39.2 Å². The standard InChI is InChI=1S/C16H24N2O2/c1-4-16(19)15-8-7-14(11-17-15)18(9-10-20-3)12(2)13-5-6-13/h7-8,11-13H,4-6,9-10H2,1-3H3. The van der Waals surface area contributed by atoms with Crippen LogP contribution in [0.2, 0.25) is 0 Å². The summed E-state index contributed by atoms with van der Waals surface area (Å²) in [7, 11) is 1.72. The van der Waals surface area contributed by atoms with E-state index in [1.807, 2.05) is 25.3 Å². The minimum absolute atomic E-state index is 0.0928. The van der Waals surface area contributed by atoms with Crippen LogP contribution >= 0.6 is 0 Å². The van der Waals surface area contributed by atoms with Crippen molar-refractivity contribution in [3.63, 3.8) is 0 Å². The van der Waals surface area contributed by atoms with Gasteiger partial charge in [0, 0.05) is 26.1 Å². The summed E-state index contributed by atoms with van der Waals surface area (Å²) in [6.45, 7) is 5.68. The Morgan fingerprint density at radius 2 is 2.25 bits per heavy atom. The van der Waals surface area contributed by atoms with Gasteiger partial charge in [0.05, 0.1) is 18.5 Å². The van der Waals surface area contributed by atoms with Crippen molar-refractivity contribution in [2.75, 3.05) is 25.2 Å². The van der Waals surface area contributed by atoms with Crippen molar-refractivity contribution in [3.05, 3.63) is 24.0 Å². The number of rotatable bonds is 8. The molecule has 0 N–H and O–H groups in total. The molecule has 1 aromatic heterocycles. The third-order valence-electron chi connectivity index (χ3n) is 4.02. The average Bonchev–Trinajstić information content (AvgIpc) is 3.32. The lowest BCUT2D eigenvalue weighted by Gasteiger charge is -2.31. The van der Waals surface area contributed by atoms with E-state index in [0.717, 1.165) is 18.2 Å². The molecule has 4 nitrogen and oxygen atoms in total. The van der Waals surface area contributed by atoms with E-state index in [-0.39, 0.29) is 5.78 Å². The van der Waals surface area contributed by atoms with E-state index in [0.29, 0.717) is 24.8 Å². The van der Waals surface area contributed by atoms with Gasteiger partial charge in [-0.3, -0.25) is 9.78 Å². The average molecular weight is 276 g/mol. The molecule has 0 saturated heterocycles. The predicted molar refractivity (Wildman–Crippen MR) is 80.3 cm³/mol. The lowest BCUT2D eigenvalue weighted by Crippen LogP contribution is -2.37. The second-order valence-corrected chi connectivity index (χ2v) is 5.44. The Labute approximate surface area is 121 Å². The second-order valence-electron chi connectivity index (χ2n) is 5.44. The normalized spacial score (nSPS) is 15.9. The first kappa shape index (κ1) is 15.0. The fourth-order valence-electron chi connectivity index (χ4n) is 2.49. The summed E-state index contributed by atoms with van der Waals surface area (Å²) in [5, 5.41) is 0. The van der Waals surface area contributed by atoms with Gasteiger partial charge in [-0.05, 0) is 37.8 Å². The van der Waals surface area contributed by atoms with Gasteiger partial charge in [-0.15, -0.1) is 0 Å². The minimum atomic E-state index is 0.0928. The highest BCUT2D eigenvalue weighted by Crippen LogP contribution is 2.36. The summed E-state index contributed by atoms with van der Waals surface area (Å²) in [6.07, 6.45) is 4.94. The number of ether oxygens (including phenoxy) is 1. The first-order valence-electron chi connectivity index (χ1n) is 7.42. The van der Waals surface area contributed by atoms with Crippen molar-refractivity contribution in [2.24, 2.45) is 5.92 Å². The predicted octanol–water partition coefficient (Wildman–Crippen LogP) is 2.93. The summed E-state index contributed by atoms with van der Waals surface area (Å²) in [5.41, 5.74) is 1.64. The zero-order valence-electron chi connectivity index (χ0n) is 12.6. The molecule has 0 radical (unpaired) electrons. The quantitative estimate of drug-likeness (QED) is 0.685. The third-order valence-corrected chi connectivity index (χ3v) is 4.02. The molecule has 0 aliphatic heterocycles. The smallest absolute Gasteiger partial charge is 0.180 e. The zero-order valence-corrected chi connectivity index (χ0v) is 12.6. The number of anilines is 1. The van der Waals surface area contributed by atoms with Crippen molar-refractivity contribution in [1.29, 1.82) is 0 Å². The molecule has 110 valence electrons. The summed E-state index contributed by atoms with van der Waals surface area (Å²) in [5.74, 6) is 0.874. The largest absolute Gasteiger partial charge is 0.383 e. The Morgan fingerprint density at radius 1 is 1.50 bits per heavy atom. The maximum Gasteiger partial charge on any atom is 0.180 e. The minimum Gasteiger partial charge on any atom is -0.383 e.